The number of carbonyl (C=O) groups excluding carboxylic acids is 1. The molecule has 0 radical (unpaired) electrons. The average molecular weight is 384 g/mol. The smallest absolute Gasteiger partial charge is 0.223 e. The summed E-state index contributed by atoms with van der Waals surface area (Å²) in [5.41, 5.74) is 9.13. The van der Waals surface area contributed by atoms with Crippen molar-refractivity contribution in [2.75, 3.05) is 19.6 Å². The topological polar surface area (TPSA) is 76.5 Å². The van der Waals surface area contributed by atoms with Crippen LogP contribution in [-0.2, 0) is 4.79 Å². The van der Waals surface area contributed by atoms with Crippen LogP contribution in [0.4, 0.5) is 0 Å². The number of fused-ring (bicyclic) bond motifs is 1. The van der Waals surface area contributed by atoms with E-state index in [0.717, 1.165) is 42.1 Å². The fourth-order valence-electron chi connectivity index (χ4n) is 3.69. The molecule has 2 N–H and O–H groups in total. The van der Waals surface area contributed by atoms with Crippen molar-refractivity contribution in [3.8, 4) is 11.4 Å². The Kier molecular flexibility index (Phi) is 5.09. The van der Waals surface area contributed by atoms with Gasteiger partial charge in [-0.2, -0.15) is 0 Å². The molecule has 0 spiro atoms. The minimum atomic E-state index is 0.134. The highest BCUT2D eigenvalue weighted by molar-refractivity contribution is 6.30. The van der Waals surface area contributed by atoms with E-state index in [-0.39, 0.29) is 11.8 Å². The number of piperidine rings is 1. The summed E-state index contributed by atoms with van der Waals surface area (Å²) in [5, 5.41) is 0.652. The predicted molar refractivity (Wildman–Crippen MR) is 106 cm³/mol. The summed E-state index contributed by atoms with van der Waals surface area (Å²) >= 11 is 6.14. The van der Waals surface area contributed by atoms with Crippen molar-refractivity contribution in [3.63, 3.8) is 0 Å². The van der Waals surface area contributed by atoms with Gasteiger partial charge in [-0.25, -0.2) is 4.98 Å². The van der Waals surface area contributed by atoms with E-state index < -0.39 is 0 Å². The van der Waals surface area contributed by atoms with Gasteiger partial charge in [0, 0.05) is 43.9 Å². The van der Waals surface area contributed by atoms with Gasteiger partial charge in [-0.1, -0.05) is 17.7 Å². The van der Waals surface area contributed by atoms with E-state index >= 15 is 0 Å². The van der Waals surface area contributed by atoms with E-state index in [1.807, 2.05) is 52.0 Å². The highest BCUT2D eigenvalue weighted by Crippen LogP contribution is 2.28. The fraction of sp³-hybridized carbons (Fsp3) is 0.350. The first-order valence-electron chi connectivity index (χ1n) is 9.23. The zero-order valence-electron chi connectivity index (χ0n) is 15.0. The molecule has 0 aromatic carbocycles. The Bertz CT molecular complexity index is 970. The third-order valence-corrected chi connectivity index (χ3v) is 5.28. The second kappa shape index (κ2) is 7.66. The van der Waals surface area contributed by atoms with Gasteiger partial charge in [0.2, 0.25) is 5.91 Å². The molecule has 1 aliphatic rings. The number of nitrogens with zero attached hydrogens (tertiary/aromatic N) is 4. The van der Waals surface area contributed by atoms with Gasteiger partial charge in [-0.3, -0.25) is 14.2 Å². The van der Waals surface area contributed by atoms with E-state index in [1.54, 1.807) is 0 Å². The minimum Gasteiger partial charge on any atom is -0.342 e. The fourth-order valence-corrected chi connectivity index (χ4v) is 3.85. The van der Waals surface area contributed by atoms with Crippen LogP contribution in [0.5, 0.6) is 0 Å². The molecule has 7 heteroatoms. The van der Waals surface area contributed by atoms with E-state index in [9.17, 15) is 4.79 Å². The maximum Gasteiger partial charge on any atom is 0.223 e. The lowest BCUT2D eigenvalue weighted by Gasteiger charge is -2.32. The number of hydrogen-bond donors (Lipinski definition) is 1. The number of halogens is 1. The number of pyridine rings is 2. The summed E-state index contributed by atoms with van der Waals surface area (Å²) < 4.78 is 1.95. The van der Waals surface area contributed by atoms with E-state index in [4.69, 9.17) is 22.3 Å². The van der Waals surface area contributed by atoms with E-state index in [2.05, 4.69) is 4.98 Å². The summed E-state index contributed by atoms with van der Waals surface area (Å²) in [6, 6.07) is 9.75. The molecule has 0 bridgehead atoms. The molecule has 0 saturated carbocycles. The lowest BCUT2D eigenvalue weighted by atomic mass is 9.93. The minimum absolute atomic E-state index is 0.134. The zero-order valence-corrected chi connectivity index (χ0v) is 15.8. The van der Waals surface area contributed by atoms with Crippen LogP contribution in [0.2, 0.25) is 5.02 Å². The largest absolute Gasteiger partial charge is 0.342 e. The highest BCUT2D eigenvalue weighted by Gasteiger charge is 2.25. The maximum absolute atomic E-state index is 12.2. The van der Waals surface area contributed by atoms with Gasteiger partial charge >= 0.3 is 0 Å². The van der Waals surface area contributed by atoms with Crippen molar-refractivity contribution in [3.05, 3.63) is 53.4 Å². The normalized spacial score (nSPS) is 17.4. The van der Waals surface area contributed by atoms with Crippen LogP contribution in [-0.4, -0.2) is 44.8 Å². The van der Waals surface area contributed by atoms with Crippen LogP contribution in [0.1, 0.15) is 30.9 Å². The molecular formula is C20H22ClN5O. The SMILES string of the molecule is NCCC(=O)N1CCC[C@H](c2cccc(-c3cnc4ccc(Cl)cn34)n2)C1. The Morgan fingerprint density at radius 3 is 3.04 bits per heavy atom. The average Bonchev–Trinajstić information content (AvgIpc) is 3.11. The first-order valence-corrected chi connectivity index (χ1v) is 9.61. The standard InChI is InChI=1S/C20H22ClN5O/c21-15-6-7-19-23-11-18(26(19)13-15)17-5-1-4-16(24-17)14-3-2-10-25(12-14)20(27)8-9-22/h1,4-7,11,13-14H,2-3,8-10,12,22H2/t14-/m0/s1. The zero-order chi connectivity index (χ0) is 18.8. The molecule has 1 atom stereocenters. The van der Waals surface area contributed by atoms with Crippen LogP contribution in [0, 0.1) is 0 Å². The Balaban J connectivity index is 1.62. The molecule has 1 saturated heterocycles. The van der Waals surface area contributed by atoms with Gasteiger partial charge in [0.05, 0.1) is 22.6 Å². The van der Waals surface area contributed by atoms with Crippen LogP contribution < -0.4 is 5.73 Å². The lowest BCUT2D eigenvalue weighted by Crippen LogP contribution is -2.40. The molecule has 3 aromatic rings. The molecule has 3 aromatic heterocycles. The Morgan fingerprint density at radius 1 is 1.30 bits per heavy atom. The molecule has 27 heavy (non-hydrogen) atoms. The van der Waals surface area contributed by atoms with Crippen molar-refractivity contribution < 1.29 is 4.79 Å². The van der Waals surface area contributed by atoms with Crippen molar-refractivity contribution in [1.29, 1.82) is 0 Å². The molecule has 1 amide bonds. The molecule has 0 unspecified atom stereocenters. The summed E-state index contributed by atoms with van der Waals surface area (Å²) in [5.74, 6) is 0.373. The molecule has 4 rings (SSSR count). The lowest BCUT2D eigenvalue weighted by molar-refractivity contribution is -0.132. The monoisotopic (exact) mass is 383 g/mol. The number of hydrogen-bond acceptors (Lipinski definition) is 4. The third kappa shape index (κ3) is 3.68. The number of aromatic nitrogens is 3. The quantitative estimate of drug-likeness (QED) is 0.751. The summed E-state index contributed by atoms with van der Waals surface area (Å²) in [6.07, 6.45) is 6.08. The molecule has 6 nitrogen and oxygen atoms in total. The molecule has 0 aliphatic carbocycles. The van der Waals surface area contributed by atoms with Gasteiger partial charge in [0.25, 0.3) is 0 Å². The Labute approximate surface area is 163 Å². The van der Waals surface area contributed by atoms with Gasteiger partial charge < -0.3 is 10.6 Å². The number of likely N-dealkylation sites (tertiary alicyclic amines) is 1. The summed E-state index contributed by atoms with van der Waals surface area (Å²) in [6.45, 7) is 1.90. The Morgan fingerprint density at radius 2 is 2.19 bits per heavy atom. The number of amides is 1. The number of imidazole rings is 1. The van der Waals surface area contributed by atoms with E-state index in [0.29, 0.717) is 24.5 Å². The maximum atomic E-state index is 12.2. The van der Waals surface area contributed by atoms with Crippen LogP contribution in [0.3, 0.4) is 0 Å². The Hall–Kier alpha value is -2.44. The molecule has 1 fully saturated rings. The first kappa shape index (κ1) is 17.9. The number of nitrogens with two attached hydrogens (primary N) is 1. The molecule has 1 aliphatic heterocycles. The summed E-state index contributed by atoms with van der Waals surface area (Å²) in [7, 11) is 0. The second-order valence-electron chi connectivity index (χ2n) is 6.88. The van der Waals surface area contributed by atoms with Crippen molar-refractivity contribution >= 4 is 23.2 Å². The van der Waals surface area contributed by atoms with Crippen molar-refractivity contribution in [1.82, 2.24) is 19.3 Å². The van der Waals surface area contributed by atoms with Gasteiger partial charge in [-0.15, -0.1) is 0 Å². The van der Waals surface area contributed by atoms with Crippen LogP contribution in [0.15, 0.2) is 42.7 Å². The van der Waals surface area contributed by atoms with Crippen LogP contribution in [0.25, 0.3) is 17.0 Å². The highest BCUT2D eigenvalue weighted by atomic mass is 35.5. The van der Waals surface area contributed by atoms with Crippen molar-refractivity contribution in [2.24, 2.45) is 5.73 Å². The second-order valence-corrected chi connectivity index (χ2v) is 7.32. The van der Waals surface area contributed by atoms with Crippen molar-refractivity contribution in [2.45, 2.75) is 25.2 Å². The first-order chi connectivity index (χ1) is 13.2. The van der Waals surface area contributed by atoms with Crippen LogP contribution >= 0.6 is 11.6 Å². The number of carbonyl (C=O) groups is 1. The molecule has 4 heterocycles. The van der Waals surface area contributed by atoms with E-state index in [1.165, 1.54) is 0 Å². The third-order valence-electron chi connectivity index (χ3n) is 5.05. The molecular weight excluding hydrogens is 362 g/mol. The van der Waals surface area contributed by atoms with Gasteiger partial charge in [-0.05, 0) is 37.1 Å². The predicted octanol–water partition coefficient (Wildman–Crippen LogP) is 3.10. The van der Waals surface area contributed by atoms with Gasteiger partial charge in [0.15, 0.2) is 0 Å². The number of rotatable bonds is 4. The van der Waals surface area contributed by atoms with Gasteiger partial charge in [0.1, 0.15) is 5.65 Å². The summed E-state index contributed by atoms with van der Waals surface area (Å²) in [4.78, 5) is 23.5. The molecule has 140 valence electrons.